The first-order valence-corrected chi connectivity index (χ1v) is 9.57. The fourth-order valence-corrected chi connectivity index (χ4v) is 3.92. The number of ether oxygens (including phenoxy) is 1. The number of hydrogen-bond donors (Lipinski definition) is 0. The van der Waals surface area contributed by atoms with Crippen LogP contribution in [0.25, 0.3) is 11.4 Å². The van der Waals surface area contributed by atoms with Crippen LogP contribution in [0.15, 0.2) is 24.3 Å². The minimum absolute atomic E-state index is 0.650. The van der Waals surface area contributed by atoms with Crippen molar-refractivity contribution in [2.45, 2.75) is 51.7 Å². The molecular weight excluding hydrogens is 332 g/mol. The molecule has 25 heavy (non-hydrogen) atoms. The van der Waals surface area contributed by atoms with Crippen molar-refractivity contribution in [3.63, 3.8) is 0 Å². The molecule has 3 rings (SSSR count). The van der Waals surface area contributed by atoms with Crippen molar-refractivity contribution >= 4 is 12.2 Å². The molecule has 136 valence electrons. The summed E-state index contributed by atoms with van der Waals surface area (Å²) in [5, 5.41) is 4.82. The van der Waals surface area contributed by atoms with Gasteiger partial charge in [-0.25, -0.2) is 4.68 Å². The average molecular weight is 361 g/mol. The van der Waals surface area contributed by atoms with Crippen LogP contribution in [0.2, 0.25) is 0 Å². The van der Waals surface area contributed by atoms with Gasteiger partial charge in [-0.3, -0.25) is 4.90 Å². The minimum Gasteiger partial charge on any atom is -0.496 e. The molecule has 0 atom stereocenters. The molecule has 0 bridgehead atoms. The van der Waals surface area contributed by atoms with Crippen LogP contribution in [0.4, 0.5) is 0 Å². The molecule has 5 nitrogen and oxygen atoms in total. The first-order valence-electron chi connectivity index (χ1n) is 9.17. The molecular formula is C19H28N4OS. The van der Waals surface area contributed by atoms with Crippen molar-refractivity contribution in [2.75, 3.05) is 13.7 Å². The van der Waals surface area contributed by atoms with Gasteiger partial charge in [0, 0.05) is 13.1 Å². The maximum atomic E-state index is 5.66. The van der Waals surface area contributed by atoms with Gasteiger partial charge in [0.25, 0.3) is 0 Å². The lowest BCUT2D eigenvalue weighted by molar-refractivity contribution is 0.119. The predicted molar refractivity (Wildman–Crippen MR) is 103 cm³/mol. The molecule has 0 saturated heterocycles. The number of methoxy groups -OCH3 is 1. The van der Waals surface area contributed by atoms with Gasteiger partial charge >= 0.3 is 0 Å². The third-order valence-corrected chi connectivity index (χ3v) is 5.69. The van der Waals surface area contributed by atoms with Gasteiger partial charge in [-0.05, 0) is 43.7 Å². The molecule has 1 aliphatic carbocycles. The molecule has 1 fully saturated rings. The van der Waals surface area contributed by atoms with Gasteiger partial charge in [-0.15, -0.1) is 0 Å². The number of para-hydroxylation sites is 1. The molecule has 0 aliphatic heterocycles. The van der Waals surface area contributed by atoms with E-state index in [0.717, 1.165) is 35.1 Å². The Balaban J connectivity index is 1.89. The van der Waals surface area contributed by atoms with E-state index < -0.39 is 0 Å². The van der Waals surface area contributed by atoms with E-state index in [4.69, 9.17) is 22.1 Å². The van der Waals surface area contributed by atoms with Crippen LogP contribution in [-0.4, -0.2) is 38.9 Å². The summed E-state index contributed by atoms with van der Waals surface area (Å²) < 4.78 is 10.2. The largest absolute Gasteiger partial charge is 0.496 e. The van der Waals surface area contributed by atoms with Crippen LogP contribution < -0.4 is 4.74 Å². The van der Waals surface area contributed by atoms with Crippen LogP contribution in [0.1, 0.15) is 39.0 Å². The Morgan fingerprint density at radius 1 is 1.24 bits per heavy atom. The Morgan fingerprint density at radius 2 is 1.96 bits per heavy atom. The van der Waals surface area contributed by atoms with Crippen molar-refractivity contribution in [1.29, 1.82) is 0 Å². The summed E-state index contributed by atoms with van der Waals surface area (Å²) in [5.41, 5.74) is 0.970. The zero-order valence-electron chi connectivity index (χ0n) is 15.4. The molecule has 1 aliphatic rings. The quantitative estimate of drug-likeness (QED) is 0.722. The summed E-state index contributed by atoms with van der Waals surface area (Å²) in [7, 11) is 3.66. The van der Waals surface area contributed by atoms with Gasteiger partial charge < -0.3 is 9.30 Å². The highest BCUT2D eigenvalue weighted by molar-refractivity contribution is 7.71. The SMILES string of the molecule is CCN(Cn1nc(-c2ccccc2OC)n(C)c1=S)C1CCCCC1. The third-order valence-electron chi connectivity index (χ3n) is 5.20. The van der Waals surface area contributed by atoms with Crippen LogP contribution in [0, 0.1) is 4.77 Å². The van der Waals surface area contributed by atoms with Crippen LogP contribution in [0.3, 0.4) is 0 Å². The van der Waals surface area contributed by atoms with Crippen LogP contribution in [-0.2, 0) is 13.7 Å². The monoisotopic (exact) mass is 360 g/mol. The Hall–Kier alpha value is -1.66. The summed E-state index contributed by atoms with van der Waals surface area (Å²) in [6, 6.07) is 8.60. The van der Waals surface area contributed by atoms with E-state index in [9.17, 15) is 0 Å². The van der Waals surface area contributed by atoms with Crippen molar-refractivity contribution in [3.05, 3.63) is 29.0 Å². The van der Waals surface area contributed by atoms with Gasteiger partial charge in [0.05, 0.1) is 19.3 Å². The number of nitrogens with zero attached hydrogens (tertiary/aromatic N) is 4. The second kappa shape index (κ2) is 8.15. The average Bonchev–Trinajstić information content (AvgIpc) is 2.95. The summed E-state index contributed by atoms with van der Waals surface area (Å²) in [4.78, 5) is 2.51. The fourth-order valence-electron chi connectivity index (χ4n) is 3.74. The van der Waals surface area contributed by atoms with Gasteiger partial charge in [-0.2, -0.15) is 5.10 Å². The number of rotatable bonds is 6. The van der Waals surface area contributed by atoms with E-state index in [0.29, 0.717) is 6.04 Å². The Morgan fingerprint density at radius 3 is 2.64 bits per heavy atom. The number of aromatic nitrogens is 3. The highest BCUT2D eigenvalue weighted by Crippen LogP contribution is 2.28. The molecule has 1 aromatic carbocycles. The summed E-state index contributed by atoms with van der Waals surface area (Å²) in [5.74, 6) is 1.67. The standard InChI is InChI=1S/C19H28N4OS/c1-4-22(15-10-6-5-7-11-15)14-23-19(25)21(2)18(20-23)16-12-8-9-13-17(16)24-3/h8-9,12-13,15H,4-7,10-11,14H2,1-3H3. The summed E-state index contributed by atoms with van der Waals surface area (Å²) in [6.07, 6.45) is 6.61. The van der Waals surface area contributed by atoms with Gasteiger partial charge in [0.1, 0.15) is 5.75 Å². The molecule has 0 unspecified atom stereocenters. The molecule has 2 aromatic rings. The Labute approximate surface area is 155 Å². The van der Waals surface area contributed by atoms with E-state index in [1.165, 1.54) is 32.1 Å². The topological polar surface area (TPSA) is 35.2 Å². The third kappa shape index (κ3) is 3.80. The second-order valence-corrected chi connectivity index (χ2v) is 7.07. The number of hydrogen-bond acceptors (Lipinski definition) is 4. The van der Waals surface area contributed by atoms with Crippen molar-refractivity contribution in [2.24, 2.45) is 7.05 Å². The van der Waals surface area contributed by atoms with Crippen LogP contribution in [0.5, 0.6) is 5.75 Å². The maximum absolute atomic E-state index is 5.66. The lowest BCUT2D eigenvalue weighted by Crippen LogP contribution is -2.38. The molecule has 0 radical (unpaired) electrons. The molecule has 0 spiro atoms. The molecule has 1 aromatic heterocycles. The molecule has 1 heterocycles. The Kier molecular flexibility index (Phi) is 5.91. The van der Waals surface area contributed by atoms with Crippen LogP contribution >= 0.6 is 12.2 Å². The predicted octanol–water partition coefficient (Wildman–Crippen LogP) is 4.24. The molecule has 6 heteroatoms. The van der Waals surface area contributed by atoms with E-state index in [-0.39, 0.29) is 0 Å². The molecule has 0 amide bonds. The molecule has 1 saturated carbocycles. The van der Waals surface area contributed by atoms with Gasteiger partial charge in [0.2, 0.25) is 0 Å². The smallest absolute Gasteiger partial charge is 0.199 e. The number of benzene rings is 1. The maximum Gasteiger partial charge on any atom is 0.199 e. The van der Waals surface area contributed by atoms with Gasteiger partial charge in [0.15, 0.2) is 10.6 Å². The fraction of sp³-hybridized carbons (Fsp3) is 0.579. The summed E-state index contributed by atoms with van der Waals surface area (Å²) >= 11 is 5.66. The van der Waals surface area contributed by atoms with E-state index in [1.54, 1.807) is 7.11 Å². The first-order chi connectivity index (χ1) is 12.2. The molecule has 0 N–H and O–H groups in total. The zero-order chi connectivity index (χ0) is 17.8. The van der Waals surface area contributed by atoms with Crippen molar-refractivity contribution in [3.8, 4) is 17.1 Å². The lowest BCUT2D eigenvalue weighted by atomic mass is 9.94. The highest BCUT2D eigenvalue weighted by Gasteiger charge is 2.22. The highest BCUT2D eigenvalue weighted by atomic mass is 32.1. The normalized spacial score (nSPS) is 15.7. The first kappa shape index (κ1) is 18.1. The lowest BCUT2D eigenvalue weighted by Gasteiger charge is -2.33. The minimum atomic E-state index is 0.650. The second-order valence-electron chi connectivity index (χ2n) is 6.70. The van der Waals surface area contributed by atoms with E-state index in [2.05, 4.69) is 11.8 Å². The van der Waals surface area contributed by atoms with E-state index in [1.807, 2.05) is 40.6 Å². The van der Waals surface area contributed by atoms with Crippen molar-refractivity contribution in [1.82, 2.24) is 19.2 Å². The zero-order valence-corrected chi connectivity index (χ0v) is 16.3. The van der Waals surface area contributed by atoms with E-state index >= 15 is 0 Å². The summed E-state index contributed by atoms with van der Waals surface area (Å²) in [6.45, 7) is 4.00. The van der Waals surface area contributed by atoms with Gasteiger partial charge in [-0.1, -0.05) is 38.3 Å². The van der Waals surface area contributed by atoms with Crippen molar-refractivity contribution < 1.29 is 4.74 Å². The Bertz CT molecular complexity index is 761.